The van der Waals surface area contributed by atoms with E-state index in [4.69, 9.17) is 0 Å². The fourth-order valence-electron chi connectivity index (χ4n) is 3.93. The zero-order valence-corrected chi connectivity index (χ0v) is 12.5. The Kier molecular flexibility index (Phi) is 3.18. The smallest absolute Gasteiger partial charge is 0.308 e. The van der Waals surface area contributed by atoms with Gasteiger partial charge < -0.3 is 14.6 Å². The van der Waals surface area contributed by atoms with Crippen LogP contribution in [-0.2, 0) is 4.79 Å². The van der Waals surface area contributed by atoms with Gasteiger partial charge in [-0.15, -0.1) is 0 Å². The molecule has 2 aliphatic rings. The van der Waals surface area contributed by atoms with Gasteiger partial charge in [0.2, 0.25) is 0 Å². The first-order chi connectivity index (χ1) is 11.1. The van der Waals surface area contributed by atoms with Crippen LogP contribution < -0.4 is 0 Å². The average Bonchev–Trinajstić information content (AvgIpc) is 3.29. The second-order valence-corrected chi connectivity index (χ2v) is 6.21. The predicted molar refractivity (Wildman–Crippen MR) is 82.3 cm³/mol. The minimum Gasteiger partial charge on any atom is -0.481 e. The van der Waals surface area contributed by atoms with Crippen molar-refractivity contribution >= 4 is 11.9 Å². The van der Waals surface area contributed by atoms with E-state index in [1.54, 1.807) is 23.5 Å². The third-order valence-corrected chi connectivity index (χ3v) is 4.98. The van der Waals surface area contributed by atoms with Gasteiger partial charge in [0.1, 0.15) is 0 Å². The lowest BCUT2D eigenvalue weighted by Crippen LogP contribution is -2.37. The number of carboxylic acids is 1. The number of benzene rings is 1. The second-order valence-electron chi connectivity index (χ2n) is 6.21. The number of rotatable bonds is 3. The molecule has 0 saturated carbocycles. The van der Waals surface area contributed by atoms with Crippen molar-refractivity contribution in [2.75, 3.05) is 0 Å². The first kappa shape index (κ1) is 14.0. The summed E-state index contributed by atoms with van der Waals surface area (Å²) in [4.78, 5) is 30.1. The van der Waals surface area contributed by atoms with E-state index in [0.717, 1.165) is 18.5 Å². The highest BCUT2D eigenvalue weighted by Gasteiger charge is 2.51. The van der Waals surface area contributed by atoms with E-state index in [1.165, 1.54) is 0 Å². The van der Waals surface area contributed by atoms with Crippen molar-refractivity contribution in [3.63, 3.8) is 0 Å². The van der Waals surface area contributed by atoms with Gasteiger partial charge in [0.05, 0.1) is 12.2 Å². The first-order valence-corrected chi connectivity index (χ1v) is 7.79. The van der Waals surface area contributed by atoms with Crippen LogP contribution in [0, 0.1) is 5.92 Å². The second kappa shape index (κ2) is 5.22. The molecule has 1 aromatic heterocycles. The van der Waals surface area contributed by atoms with Crippen LogP contribution in [0.3, 0.4) is 0 Å². The fraction of sp³-hybridized carbons (Fsp3) is 0.353. The molecule has 1 amide bonds. The number of carbonyl (C=O) groups is 2. The number of hydrogen-bond donors (Lipinski definition) is 1. The van der Waals surface area contributed by atoms with Crippen LogP contribution in [0.5, 0.6) is 0 Å². The molecule has 1 aromatic carbocycles. The van der Waals surface area contributed by atoms with Crippen molar-refractivity contribution in [1.82, 2.24) is 14.5 Å². The lowest BCUT2D eigenvalue weighted by Gasteiger charge is -2.23. The van der Waals surface area contributed by atoms with E-state index in [2.05, 4.69) is 4.98 Å². The summed E-state index contributed by atoms with van der Waals surface area (Å²) in [7, 11) is 0. The van der Waals surface area contributed by atoms with Gasteiger partial charge in [0.15, 0.2) is 0 Å². The van der Waals surface area contributed by atoms with Gasteiger partial charge in [-0.3, -0.25) is 9.59 Å². The lowest BCUT2D eigenvalue weighted by atomic mass is 9.89. The molecule has 4 rings (SSSR count). The molecule has 1 N–H and O–H groups in total. The standard InChI is InChI=1S/C17H17N3O3/c21-16(20-13-4-5-15(20)14(9-13)17(22)23)11-2-1-3-12(8-11)19-7-6-18-10-19/h1-3,6-8,10,13-15H,4-5,9H2,(H,22,23)/t13-,14-,15+/m1/s1. The summed E-state index contributed by atoms with van der Waals surface area (Å²) in [6.45, 7) is 0. The van der Waals surface area contributed by atoms with E-state index < -0.39 is 11.9 Å². The number of nitrogens with zero attached hydrogens (tertiary/aromatic N) is 3. The molecule has 3 heterocycles. The summed E-state index contributed by atoms with van der Waals surface area (Å²) in [6.07, 6.45) is 7.46. The minimum atomic E-state index is -0.790. The van der Waals surface area contributed by atoms with E-state index in [-0.39, 0.29) is 18.0 Å². The van der Waals surface area contributed by atoms with Gasteiger partial charge in [0.25, 0.3) is 5.91 Å². The molecule has 0 radical (unpaired) electrons. The van der Waals surface area contributed by atoms with Crippen LogP contribution in [0.4, 0.5) is 0 Å². The van der Waals surface area contributed by atoms with E-state index >= 15 is 0 Å². The molecule has 23 heavy (non-hydrogen) atoms. The third-order valence-electron chi connectivity index (χ3n) is 4.98. The molecule has 3 atom stereocenters. The topological polar surface area (TPSA) is 75.4 Å². The molecular formula is C17H17N3O3. The largest absolute Gasteiger partial charge is 0.481 e. The number of fused-ring (bicyclic) bond motifs is 2. The van der Waals surface area contributed by atoms with E-state index in [9.17, 15) is 14.7 Å². The Morgan fingerprint density at radius 2 is 2.13 bits per heavy atom. The summed E-state index contributed by atoms with van der Waals surface area (Å²) in [5, 5.41) is 9.33. The number of carbonyl (C=O) groups excluding carboxylic acids is 1. The minimum absolute atomic E-state index is 0.0606. The third kappa shape index (κ3) is 2.21. The molecule has 0 spiro atoms. The number of aromatic nitrogens is 2. The van der Waals surface area contributed by atoms with Crippen LogP contribution in [0.15, 0.2) is 43.0 Å². The molecule has 0 aliphatic carbocycles. The molecule has 2 bridgehead atoms. The van der Waals surface area contributed by atoms with Gasteiger partial charge in [-0.1, -0.05) is 6.07 Å². The maximum Gasteiger partial charge on any atom is 0.308 e. The zero-order valence-electron chi connectivity index (χ0n) is 12.5. The van der Waals surface area contributed by atoms with Crippen molar-refractivity contribution in [3.05, 3.63) is 48.5 Å². The van der Waals surface area contributed by atoms with Crippen LogP contribution in [0.2, 0.25) is 0 Å². The number of hydrogen-bond acceptors (Lipinski definition) is 3. The highest BCUT2D eigenvalue weighted by molar-refractivity contribution is 5.96. The molecule has 2 aromatic rings. The lowest BCUT2D eigenvalue weighted by molar-refractivity contribution is -0.142. The molecular weight excluding hydrogens is 294 g/mol. The number of imidazole rings is 1. The molecule has 118 valence electrons. The van der Waals surface area contributed by atoms with Gasteiger partial charge in [-0.05, 0) is 37.5 Å². The Labute approximate surface area is 133 Å². The van der Waals surface area contributed by atoms with Gasteiger partial charge >= 0.3 is 5.97 Å². The summed E-state index contributed by atoms with van der Waals surface area (Å²) >= 11 is 0. The Balaban J connectivity index is 1.63. The summed E-state index contributed by atoms with van der Waals surface area (Å²) in [5.41, 5.74) is 1.47. The fourth-order valence-corrected chi connectivity index (χ4v) is 3.93. The molecule has 0 unspecified atom stereocenters. The van der Waals surface area contributed by atoms with Gasteiger partial charge in [-0.2, -0.15) is 0 Å². The van der Waals surface area contributed by atoms with Crippen molar-refractivity contribution in [2.24, 2.45) is 5.92 Å². The Bertz CT molecular complexity index is 756. The molecule has 6 heteroatoms. The monoisotopic (exact) mass is 311 g/mol. The Hall–Kier alpha value is -2.63. The Morgan fingerprint density at radius 3 is 2.83 bits per heavy atom. The molecule has 2 aliphatic heterocycles. The highest BCUT2D eigenvalue weighted by Crippen LogP contribution is 2.42. The van der Waals surface area contributed by atoms with Gasteiger partial charge in [0, 0.05) is 35.7 Å². The van der Waals surface area contributed by atoms with Crippen LogP contribution in [0.25, 0.3) is 5.69 Å². The van der Waals surface area contributed by atoms with Crippen molar-refractivity contribution in [2.45, 2.75) is 31.3 Å². The first-order valence-electron chi connectivity index (χ1n) is 7.79. The highest BCUT2D eigenvalue weighted by atomic mass is 16.4. The van der Waals surface area contributed by atoms with Crippen LogP contribution >= 0.6 is 0 Å². The maximum absolute atomic E-state index is 12.9. The normalized spacial score (nSPS) is 25.7. The van der Waals surface area contributed by atoms with Crippen molar-refractivity contribution in [1.29, 1.82) is 0 Å². The molecule has 2 saturated heterocycles. The number of carboxylic acid groups (broad SMARTS) is 1. The van der Waals surface area contributed by atoms with Crippen molar-refractivity contribution in [3.8, 4) is 5.69 Å². The Morgan fingerprint density at radius 1 is 1.26 bits per heavy atom. The SMILES string of the molecule is O=C(O)[C@@H]1C[C@H]2CC[C@@H]1N2C(=O)c1cccc(-n2ccnc2)c1. The maximum atomic E-state index is 12.9. The number of amides is 1. The number of aliphatic carboxylic acids is 1. The van der Waals surface area contributed by atoms with Crippen LogP contribution in [-0.4, -0.2) is 43.5 Å². The molecule has 2 fully saturated rings. The summed E-state index contributed by atoms with van der Waals surface area (Å²) in [5.74, 6) is -1.28. The molecule has 6 nitrogen and oxygen atoms in total. The van der Waals surface area contributed by atoms with Gasteiger partial charge in [-0.25, -0.2) is 4.98 Å². The van der Waals surface area contributed by atoms with E-state index in [1.807, 2.05) is 29.0 Å². The van der Waals surface area contributed by atoms with E-state index in [0.29, 0.717) is 12.0 Å². The van der Waals surface area contributed by atoms with Crippen LogP contribution in [0.1, 0.15) is 29.6 Å². The predicted octanol–water partition coefficient (Wildman–Crippen LogP) is 1.95. The summed E-state index contributed by atoms with van der Waals surface area (Å²) in [6, 6.07) is 7.27. The average molecular weight is 311 g/mol. The summed E-state index contributed by atoms with van der Waals surface area (Å²) < 4.78 is 1.84. The van der Waals surface area contributed by atoms with Crippen molar-refractivity contribution < 1.29 is 14.7 Å². The quantitative estimate of drug-likeness (QED) is 0.940. The zero-order chi connectivity index (χ0) is 16.0.